The van der Waals surface area contributed by atoms with E-state index in [2.05, 4.69) is 16.0 Å². The molecule has 1 aromatic carbocycles. The van der Waals surface area contributed by atoms with Crippen molar-refractivity contribution < 1.29 is 34.1 Å². The average molecular weight is 510 g/mol. The number of fused-ring (bicyclic) bond motifs is 1. The van der Waals surface area contributed by atoms with E-state index in [1.807, 2.05) is 0 Å². The highest BCUT2D eigenvalue weighted by molar-refractivity contribution is 6.33. The summed E-state index contributed by atoms with van der Waals surface area (Å²) in [7, 11) is 0. The molecule has 5 N–H and O–H groups in total. The number of carboxylic acid groups (broad SMARTS) is 2. The van der Waals surface area contributed by atoms with Gasteiger partial charge >= 0.3 is 24.1 Å². The zero-order chi connectivity index (χ0) is 26.3. The Kier molecular flexibility index (Phi) is 7.00. The number of ether oxygens (including phenoxy) is 1. The topological polar surface area (TPSA) is 154 Å². The first-order valence-electron chi connectivity index (χ1n) is 11.6. The smallest absolute Gasteiger partial charge is 0.408 e. The van der Waals surface area contributed by atoms with Crippen LogP contribution < -0.4 is 16.0 Å². The summed E-state index contributed by atoms with van der Waals surface area (Å²) in [6.07, 6.45) is -0.538. The van der Waals surface area contributed by atoms with Gasteiger partial charge in [-0.25, -0.2) is 14.4 Å². The fraction of sp³-hybridized carbons (Fsp3) is 0.583. The van der Waals surface area contributed by atoms with Crippen LogP contribution in [-0.2, 0) is 14.3 Å². The first kappa shape index (κ1) is 26.6. The summed E-state index contributed by atoms with van der Waals surface area (Å²) in [6.45, 7) is 8.37. The van der Waals surface area contributed by atoms with Crippen LogP contribution in [-0.4, -0.2) is 51.5 Å². The van der Waals surface area contributed by atoms with Crippen molar-refractivity contribution in [2.24, 2.45) is 23.2 Å². The van der Waals surface area contributed by atoms with E-state index in [1.165, 1.54) is 0 Å². The Morgan fingerprint density at radius 3 is 2.23 bits per heavy atom. The molecular weight excluding hydrogens is 478 g/mol. The number of aliphatic carboxylic acids is 2. The van der Waals surface area contributed by atoms with Gasteiger partial charge in [0.15, 0.2) is 5.54 Å². The number of carboxylic acids is 2. The molecule has 0 aliphatic heterocycles. The molecule has 192 valence electrons. The van der Waals surface area contributed by atoms with Gasteiger partial charge in [0.1, 0.15) is 5.60 Å². The minimum Gasteiger partial charge on any atom is -0.481 e. The number of benzene rings is 1. The molecule has 0 bridgehead atoms. The average Bonchev–Trinajstić information content (AvgIpc) is 3.37. The number of amides is 3. The van der Waals surface area contributed by atoms with Crippen LogP contribution in [0.4, 0.5) is 15.3 Å². The van der Waals surface area contributed by atoms with Crippen LogP contribution in [0, 0.1) is 23.2 Å². The van der Waals surface area contributed by atoms with Gasteiger partial charge < -0.3 is 30.9 Å². The molecule has 0 heterocycles. The molecule has 2 aliphatic rings. The molecule has 0 radical (unpaired) electrons. The van der Waals surface area contributed by atoms with Gasteiger partial charge in [-0.2, -0.15) is 0 Å². The Morgan fingerprint density at radius 1 is 1.11 bits per heavy atom. The molecule has 3 rings (SSSR count). The zero-order valence-electron chi connectivity index (χ0n) is 20.3. The highest BCUT2D eigenvalue weighted by Gasteiger charge is 2.88. The molecule has 3 amide bonds. The van der Waals surface area contributed by atoms with Crippen molar-refractivity contribution in [1.82, 2.24) is 10.6 Å². The van der Waals surface area contributed by atoms with Crippen LogP contribution in [0.25, 0.3) is 0 Å². The van der Waals surface area contributed by atoms with Crippen molar-refractivity contribution in [3.05, 3.63) is 29.3 Å². The third-order valence-electron chi connectivity index (χ3n) is 7.26. The number of alkyl carbamates (subject to hydrolysis) is 1. The van der Waals surface area contributed by atoms with E-state index < -0.39 is 64.4 Å². The summed E-state index contributed by atoms with van der Waals surface area (Å²) in [5, 5.41) is 28.8. The number of carbonyl (C=O) groups excluding carboxylic acids is 2. The number of hydrogen-bond donors (Lipinski definition) is 5. The number of rotatable bonds is 7. The van der Waals surface area contributed by atoms with Crippen LogP contribution in [0.2, 0.25) is 5.02 Å². The van der Waals surface area contributed by atoms with Crippen LogP contribution in [0.3, 0.4) is 0 Å². The molecule has 10 nitrogen and oxygen atoms in total. The number of halogens is 1. The number of nitrogens with one attached hydrogen (secondary N) is 3. The number of hydrogen-bond acceptors (Lipinski definition) is 5. The number of urea groups is 1. The number of anilines is 1. The lowest BCUT2D eigenvalue weighted by Gasteiger charge is -2.42. The maximum Gasteiger partial charge on any atom is 0.408 e. The third kappa shape index (κ3) is 4.28. The minimum atomic E-state index is -1.96. The molecule has 1 aromatic rings. The van der Waals surface area contributed by atoms with Crippen molar-refractivity contribution in [2.45, 2.75) is 64.6 Å². The normalized spacial score (nSPS) is 31.1. The molecular formula is C24H32ClN3O7. The molecule has 0 spiro atoms. The van der Waals surface area contributed by atoms with Gasteiger partial charge in [-0.05, 0) is 45.7 Å². The molecule has 0 aromatic heterocycles. The van der Waals surface area contributed by atoms with Gasteiger partial charge in [0.2, 0.25) is 0 Å². The van der Waals surface area contributed by atoms with Crippen molar-refractivity contribution in [2.75, 3.05) is 5.32 Å². The van der Waals surface area contributed by atoms with E-state index in [4.69, 9.17) is 16.3 Å². The van der Waals surface area contributed by atoms with Crippen LogP contribution in [0.5, 0.6) is 0 Å². The molecule has 2 saturated carbocycles. The van der Waals surface area contributed by atoms with Crippen LogP contribution >= 0.6 is 11.6 Å². The summed E-state index contributed by atoms with van der Waals surface area (Å²) >= 11 is 6.12. The van der Waals surface area contributed by atoms with Gasteiger partial charge in [0.05, 0.1) is 16.6 Å². The van der Waals surface area contributed by atoms with E-state index in [0.29, 0.717) is 10.7 Å². The fourth-order valence-electron chi connectivity index (χ4n) is 6.19. The lowest BCUT2D eigenvalue weighted by molar-refractivity contribution is -0.153. The SMILES string of the molecule is CCC1C(NC(=O)Nc2ccccc2Cl)C2C(C(=O)O)C2(CC)C1(NC(=O)OC(C)(C)C)C(=O)O. The van der Waals surface area contributed by atoms with Crippen LogP contribution in [0.1, 0.15) is 47.5 Å². The molecule has 11 heteroatoms. The second-order valence-corrected chi connectivity index (χ2v) is 10.5. The van der Waals surface area contributed by atoms with Gasteiger partial charge in [0, 0.05) is 23.3 Å². The van der Waals surface area contributed by atoms with Crippen LogP contribution in [0.15, 0.2) is 24.3 Å². The Bertz CT molecular complexity index is 1040. The first-order chi connectivity index (χ1) is 16.3. The zero-order valence-corrected chi connectivity index (χ0v) is 21.1. The molecule has 0 saturated heterocycles. The highest BCUT2D eigenvalue weighted by atomic mass is 35.5. The number of para-hydroxylation sites is 1. The fourth-order valence-corrected chi connectivity index (χ4v) is 6.37. The quantitative estimate of drug-likeness (QED) is 0.373. The van der Waals surface area contributed by atoms with E-state index in [0.717, 1.165) is 0 Å². The Morgan fingerprint density at radius 2 is 1.74 bits per heavy atom. The molecule has 6 atom stereocenters. The lowest BCUT2D eigenvalue weighted by Crippen LogP contribution is -2.66. The van der Waals surface area contributed by atoms with E-state index in [-0.39, 0.29) is 12.8 Å². The van der Waals surface area contributed by atoms with E-state index >= 15 is 0 Å². The second kappa shape index (κ2) is 9.22. The summed E-state index contributed by atoms with van der Waals surface area (Å²) in [5.41, 5.74) is -3.83. The first-order valence-corrected chi connectivity index (χ1v) is 11.9. The van der Waals surface area contributed by atoms with Gasteiger partial charge in [-0.1, -0.05) is 37.6 Å². The van der Waals surface area contributed by atoms with E-state index in [1.54, 1.807) is 58.9 Å². The standard InChI is InChI=1S/C24H32ClN3O7/c1-6-12-17(27-20(33)26-14-11-9-8-10-13(14)25)15-16(18(29)30)23(15,7-2)24(12,19(31)32)28-21(34)35-22(3,4)5/h8-12,15-17H,6-7H2,1-5H3,(H,28,34)(H,29,30)(H,31,32)(H2,26,27,33). The maximum atomic E-state index is 12.9. The van der Waals surface area contributed by atoms with Gasteiger partial charge in [-0.3, -0.25) is 4.79 Å². The molecule has 6 unspecified atom stereocenters. The minimum absolute atomic E-state index is 0.164. The highest BCUT2D eigenvalue weighted by Crippen LogP contribution is 2.76. The number of carbonyl (C=O) groups is 4. The lowest BCUT2D eigenvalue weighted by atomic mass is 9.70. The van der Waals surface area contributed by atoms with Crippen molar-refractivity contribution in [1.29, 1.82) is 0 Å². The summed E-state index contributed by atoms with van der Waals surface area (Å²) in [4.78, 5) is 50.9. The summed E-state index contributed by atoms with van der Waals surface area (Å²) in [5.74, 6) is -5.13. The summed E-state index contributed by atoms with van der Waals surface area (Å²) in [6, 6.07) is 5.11. The predicted molar refractivity (Wildman–Crippen MR) is 128 cm³/mol. The molecule has 35 heavy (non-hydrogen) atoms. The van der Waals surface area contributed by atoms with Crippen molar-refractivity contribution >= 4 is 41.4 Å². The Hall–Kier alpha value is -3.01. The maximum absolute atomic E-state index is 12.9. The van der Waals surface area contributed by atoms with Gasteiger partial charge in [-0.15, -0.1) is 0 Å². The Balaban J connectivity index is 2.02. The van der Waals surface area contributed by atoms with Gasteiger partial charge in [0.25, 0.3) is 0 Å². The summed E-state index contributed by atoms with van der Waals surface area (Å²) < 4.78 is 5.35. The van der Waals surface area contributed by atoms with Crippen molar-refractivity contribution in [3.63, 3.8) is 0 Å². The molecule has 2 fully saturated rings. The van der Waals surface area contributed by atoms with E-state index in [9.17, 15) is 29.4 Å². The second-order valence-electron chi connectivity index (χ2n) is 10.1. The molecule has 2 aliphatic carbocycles. The third-order valence-corrected chi connectivity index (χ3v) is 7.59. The predicted octanol–water partition coefficient (Wildman–Crippen LogP) is 3.95. The largest absolute Gasteiger partial charge is 0.481 e. The Labute approximate surface area is 208 Å². The monoisotopic (exact) mass is 509 g/mol. The van der Waals surface area contributed by atoms with Crippen molar-refractivity contribution in [3.8, 4) is 0 Å².